The minimum atomic E-state index is -0.455. The number of aromatic nitrogens is 1. The normalized spacial score (nSPS) is 11.2. The molecule has 0 radical (unpaired) electrons. The molecule has 1 aromatic carbocycles. The van der Waals surface area contributed by atoms with Crippen molar-refractivity contribution in [2.24, 2.45) is 0 Å². The van der Waals surface area contributed by atoms with Gasteiger partial charge in [0, 0.05) is 24.0 Å². The Morgan fingerprint density at radius 2 is 1.88 bits per heavy atom. The van der Waals surface area contributed by atoms with Crippen LogP contribution in [0.2, 0.25) is 0 Å². The van der Waals surface area contributed by atoms with E-state index in [1.54, 1.807) is 24.3 Å². The standard InChI is InChI=1S/C19H20FN3O2/c1-3-6-14-12-17(23-13(14)2)19(25)22-10-5-9-21-18(24)15-7-4-8-16(20)11-15/h3-4,6-8,11-12,23H,1-2,5,9-10H2,(H,21,24)(H,22,25)/b14-6-. The molecule has 0 bridgehead atoms. The Kier molecular flexibility index (Phi) is 6.28. The summed E-state index contributed by atoms with van der Waals surface area (Å²) < 4.78 is 13.1. The van der Waals surface area contributed by atoms with Crippen molar-refractivity contribution < 1.29 is 14.0 Å². The van der Waals surface area contributed by atoms with Crippen LogP contribution in [-0.2, 0) is 0 Å². The minimum Gasteiger partial charge on any atom is -0.352 e. The number of carbonyl (C=O) groups is 2. The van der Waals surface area contributed by atoms with Crippen LogP contribution in [0.15, 0.2) is 43.0 Å². The molecule has 0 unspecified atom stereocenters. The van der Waals surface area contributed by atoms with Crippen LogP contribution in [0.1, 0.15) is 27.3 Å². The second-order valence-electron chi connectivity index (χ2n) is 5.39. The third kappa shape index (κ3) is 5.17. The molecule has 0 aliphatic rings. The summed E-state index contributed by atoms with van der Waals surface area (Å²) in [5.41, 5.74) is 0.686. The van der Waals surface area contributed by atoms with E-state index in [0.717, 1.165) is 5.22 Å². The van der Waals surface area contributed by atoms with Gasteiger partial charge in [0.05, 0.1) is 0 Å². The molecule has 2 rings (SSSR count). The van der Waals surface area contributed by atoms with Gasteiger partial charge in [-0.05, 0) is 35.9 Å². The molecule has 0 atom stereocenters. The summed E-state index contributed by atoms with van der Waals surface area (Å²) in [6.07, 6.45) is 3.94. The van der Waals surface area contributed by atoms with E-state index in [-0.39, 0.29) is 17.4 Å². The van der Waals surface area contributed by atoms with Gasteiger partial charge in [0.1, 0.15) is 11.5 Å². The SMILES string of the molecule is C=C/C=c1/cc(C(=O)NCCCNC(=O)c2cccc(F)c2)[nH]c1=C. The quantitative estimate of drug-likeness (QED) is 0.660. The van der Waals surface area contributed by atoms with E-state index >= 15 is 0 Å². The fraction of sp³-hybridized carbons (Fsp3) is 0.158. The largest absolute Gasteiger partial charge is 0.352 e. The first-order chi connectivity index (χ1) is 12.0. The first kappa shape index (κ1) is 18.2. The topological polar surface area (TPSA) is 74.0 Å². The van der Waals surface area contributed by atoms with Gasteiger partial charge < -0.3 is 15.6 Å². The molecule has 0 aliphatic heterocycles. The van der Waals surface area contributed by atoms with Gasteiger partial charge in [-0.15, -0.1) is 0 Å². The Hall–Kier alpha value is -3.15. The number of allylic oxidation sites excluding steroid dienone is 1. The Morgan fingerprint density at radius 3 is 2.56 bits per heavy atom. The average molecular weight is 341 g/mol. The van der Waals surface area contributed by atoms with Gasteiger partial charge in [0.2, 0.25) is 0 Å². The maximum absolute atomic E-state index is 13.1. The summed E-state index contributed by atoms with van der Waals surface area (Å²) in [6.45, 7) is 8.20. The van der Waals surface area contributed by atoms with Crippen LogP contribution >= 0.6 is 0 Å². The maximum atomic E-state index is 13.1. The zero-order valence-corrected chi connectivity index (χ0v) is 13.8. The molecule has 0 aliphatic carbocycles. The summed E-state index contributed by atoms with van der Waals surface area (Å²) in [6, 6.07) is 7.18. The van der Waals surface area contributed by atoms with Crippen molar-refractivity contribution in [3.8, 4) is 0 Å². The molecule has 0 fully saturated rings. The number of nitrogens with one attached hydrogen (secondary N) is 3. The van der Waals surface area contributed by atoms with Gasteiger partial charge in [-0.25, -0.2) is 4.39 Å². The van der Waals surface area contributed by atoms with Gasteiger partial charge in [-0.2, -0.15) is 0 Å². The molecule has 1 aromatic heterocycles. The van der Waals surface area contributed by atoms with E-state index in [4.69, 9.17) is 0 Å². The second kappa shape index (κ2) is 8.63. The van der Waals surface area contributed by atoms with Gasteiger partial charge >= 0.3 is 0 Å². The van der Waals surface area contributed by atoms with E-state index in [1.807, 2.05) is 0 Å². The highest BCUT2D eigenvalue weighted by Crippen LogP contribution is 2.02. The molecule has 6 heteroatoms. The fourth-order valence-electron chi connectivity index (χ4n) is 2.23. The Labute approximate surface area is 145 Å². The van der Waals surface area contributed by atoms with Crippen molar-refractivity contribution in [1.82, 2.24) is 15.6 Å². The molecule has 3 N–H and O–H groups in total. The first-order valence-electron chi connectivity index (χ1n) is 7.84. The van der Waals surface area contributed by atoms with Crippen molar-refractivity contribution >= 4 is 24.5 Å². The molecular weight excluding hydrogens is 321 g/mol. The molecule has 2 aromatic rings. The number of aromatic amines is 1. The fourth-order valence-corrected chi connectivity index (χ4v) is 2.23. The lowest BCUT2D eigenvalue weighted by Gasteiger charge is -2.06. The van der Waals surface area contributed by atoms with E-state index in [0.29, 0.717) is 30.6 Å². The highest BCUT2D eigenvalue weighted by molar-refractivity contribution is 5.94. The summed E-state index contributed by atoms with van der Waals surface area (Å²) in [5.74, 6) is -1.05. The number of amides is 2. The molecule has 1 heterocycles. The third-order valence-electron chi connectivity index (χ3n) is 3.49. The van der Waals surface area contributed by atoms with E-state index in [9.17, 15) is 14.0 Å². The molecule has 0 spiro atoms. The minimum absolute atomic E-state index is 0.245. The van der Waals surface area contributed by atoms with E-state index in [2.05, 4.69) is 28.8 Å². The van der Waals surface area contributed by atoms with Crippen LogP contribution in [0.3, 0.4) is 0 Å². The molecule has 2 amide bonds. The molecular formula is C19H20FN3O2. The molecule has 130 valence electrons. The van der Waals surface area contributed by atoms with Crippen LogP contribution in [0.25, 0.3) is 12.7 Å². The second-order valence-corrected chi connectivity index (χ2v) is 5.39. The predicted octanol–water partition coefficient (Wildman–Crippen LogP) is 1.08. The number of hydrogen-bond acceptors (Lipinski definition) is 2. The number of H-pyrrole nitrogens is 1. The van der Waals surface area contributed by atoms with E-state index in [1.165, 1.54) is 18.2 Å². The number of halogens is 1. The van der Waals surface area contributed by atoms with Gasteiger partial charge in [0.25, 0.3) is 11.8 Å². The highest BCUT2D eigenvalue weighted by atomic mass is 19.1. The van der Waals surface area contributed by atoms with Crippen LogP contribution < -0.4 is 21.2 Å². The van der Waals surface area contributed by atoms with Crippen molar-refractivity contribution in [3.63, 3.8) is 0 Å². The van der Waals surface area contributed by atoms with Crippen LogP contribution in [0.4, 0.5) is 4.39 Å². The third-order valence-corrected chi connectivity index (χ3v) is 3.49. The van der Waals surface area contributed by atoms with Crippen molar-refractivity contribution in [1.29, 1.82) is 0 Å². The summed E-state index contributed by atoms with van der Waals surface area (Å²) in [4.78, 5) is 26.8. The Bertz CT molecular complexity index is 886. The van der Waals surface area contributed by atoms with Crippen LogP contribution in [-0.4, -0.2) is 29.9 Å². The highest BCUT2D eigenvalue weighted by Gasteiger charge is 2.08. The average Bonchev–Trinajstić information content (AvgIpc) is 2.95. The zero-order valence-electron chi connectivity index (χ0n) is 13.8. The summed E-state index contributed by atoms with van der Waals surface area (Å²) >= 11 is 0. The number of hydrogen-bond donors (Lipinski definition) is 3. The Morgan fingerprint density at radius 1 is 1.16 bits per heavy atom. The molecule has 5 nitrogen and oxygen atoms in total. The predicted molar refractivity (Wildman–Crippen MR) is 95.9 cm³/mol. The number of carbonyl (C=O) groups excluding carboxylic acids is 2. The van der Waals surface area contributed by atoms with Gasteiger partial charge in [-0.1, -0.05) is 31.4 Å². The first-order valence-corrected chi connectivity index (χ1v) is 7.84. The number of rotatable bonds is 7. The van der Waals surface area contributed by atoms with E-state index < -0.39 is 5.82 Å². The zero-order chi connectivity index (χ0) is 18.2. The molecule has 25 heavy (non-hydrogen) atoms. The van der Waals surface area contributed by atoms with Crippen molar-refractivity contribution in [2.45, 2.75) is 6.42 Å². The summed E-state index contributed by atoms with van der Waals surface area (Å²) in [7, 11) is 0. The van der Waals surface area contributed by atoms with Crippen molar-refractivity contribution in [2.75, 3.05) is 13.1 Å². The lowest BCUT2D eigenvalue weighted by atomic mass is 10.2. The van der Waals surface area contributed by atoms with Crippen LogP contribution in [0.5, 0.6) is 0 Å². The molecule has 0 saturated carbocycles. The Balaban J connectivity index is 1.76. The van der Waals surface area contributed by atoms with Crippen LogP contribution in [0, 0.1) is 5.82 Å². The molecule has 0 saturated heterocycles. The number of benzene rings is 1. The summed E-state index contributed by atoms with van der Waals surface area (Å²) in [5, 5.41) is 6.89. The van der Waals surface area contributed by atoms with Crippen molar-refractivity contribution in [3.05, 3.63) is 70.6 Å². The smallest absolute Gasteiger partial charge is 0.267 e. The lowest BCUT2D eigenvalue weighted by molar-refractivity contribution is 0.0948. The maximum Gasteiger partial charge on any atom is 0.267 e. The van der Waals surface area contributed by atoms with Gasteiger partial charge in [-0.3, -0.25) is 9.59 Å². The lowest BCUT2D eigenvalue weighted by Crippen LogP contribution is -2.30. The monoisotopic (exact) mass is 341 g/mol. The van der Waals surface area contributed by atoms with Gasteiger partial charge in [0.15, 0.2) is 0 Å².